The summed E-state index contributed by atoms with van der Waals surface area (Å²) in [6.07, 6.45) is 4.02. The zero-order valence-electron chi connectivity index (χ0n) is 38.1. The lowest BCUT2D eigenvalue weighted by atomic mass is 10.3. The van der Waals surface area contributed by atoms with E-state index in [1.54, 1.807) is 112 Å². The van der Waals surface area contributed by atoms with E-state index < -0.39 is 39.1 Å². The standard InChI is InChI=1S/2C21H29N6O5P/c2*1-14(2)31-21(28)16(4)26-33(29,32-17-8-6-5-7-9-17)13-30-15(3)10-27-12-25-18-19(22)23-11-24-20(18)27/h2*5-9,11-12,14-16H,10,13H2,1-4H3,(H,26,29)(H2,22,23,24)/t2*15-,16-,33+/m10/s1. The molecule has 0 saturated heterocycles. The Balaban J connectivity index is 0.000000247. The Bertz CT molecular complexity index is 2420. The number of para-hydroxylation sites is 2. The second-order valence-electron chi connectivity index (χ2n) is 15.7. The van der Waals surface area contributed by atoms with Crippen LogP contribution in [0.25, 0.3) is 22.3 Å². The second-order valence-corrected chi connectivity index (χ2v) is 19.8. The Morgan fingerprint density at radius 2 is 0.939 bits per heavy atom. The van der Waals surface area contributed by atoms with Gasteiger partial charge in [-0.1, -0.05) is 36.4 Å². The summed E-state index contributed by atoms with van der Waals surface area (Å²) in [5.41, 5.74) is 13.8. The largest absolute Gasteiger partial charge is 0.462 e. The maximum absolute atomic E-state index is 13.6. The van der Waals surface area contributed by atoms with Crippen molar-refractivity contribution in [2.75, 3.05) is 24.2 Å². The van der Waals surface area contributed by atoms with Crippen molar-refractivity contribution >= 4 is 60.9 Å². The molecule has 4 heterocycles. The summed E-state index contributed by atoms with van der Waals surface area (Å²) in [5, 5.41) is 5.55. The Morgan fingerprint density at radius 1 is 0.576 bits per heavy atom. The van der Waals surface area contributed by atoms with Gasteiger partial charge in [-0.25, -0.2) is 40.1 Å². The highest BCUT2D eigenvalue weighted by molar-refractivity contribution is 7.57. The van der Waals surface area contributed by atoms with Crippen LogP contribution < -0.4 is 30.7 Å². The van der Waals surface area contributed by atoms with Crippen LogP contribution in [0.2, 0.25) is 0 Å². The van der Waals surface area contributed by atoms with E-state index >= 15 is 0 Å². The summed E-state index contributed by atoms with van der Waals surface area (Å²) in [5.74, 6) is 0.303. The number of esters is 2. The highest BCUT2D eigenvalue weighted by atomic mass is 31.2. The molecule has 4 aromatic heterocycles. The number of hydrogen-bond acceptors (Lipinski definition) is 18. The molecule has 6 rings (SSSR count). The van der Waals surface area contributed by atoms with Crippen molar-refractivity contribution in [1.29, 1.82) is 0 Å². The zero-order valence-corrected chi connectivity index (χ0v) is 39.9. The van der Waals surface area contributed by atoms with Gasteiger partial charge in [0.15, 0.2) is 22.9 Å². The zero-order chi connectivity index (χ0) is 48.0. The molecule has 66 heavy (non-hydrogen) atoms. The first-order chi connectivity index (χ1) is 31.3. The molecule has 22 nitrogen and oxygen atoms in total. The second kappa shape index (κ2) is 23.4. The average molecular weight is 953 g/mol. The van der Waals surface area contributed by atoms with Crippen LogP contribution >= 0.6 is 15.0 Å². The first-order valence-corrected chi connectivity index (χ1v) is 24.7. The molecule has 0 radical (unpaired) electrons. The van der Waals surface area contributed by atoms with E-state index in [1.165, 1.54) is 12.7 Å². The molecule has 0 spiro atoms. The molecule has 0 amide bonds. The highest BCUT2D eigenvalue weighted by Crippen LogP contribution is 2.45. The molecule has 356 valence electrons. The molecule has 2 aromatic carbocycles. The Kier molecular flexibility index (Phi) is 18.1. The molecular formula is C42H58N12O10P2. The van der Waals surface area contributed by atoms with Gasteiger partial charge in [0.2, 0.25) is 0 Å². The van der Waals surface area contributed by atoms with Gasteiger partial charge in [0.1, 0.15) is 60.0 Å². The van der Waals surface area contributed by atoms with Crippen LogP contribution in [-0.4, -0.2) is 100 Å². The van der Waals surface area contributed by atoms with Gasteiger partial charge in [-0.3, -0.25) is 18.7 Å². The van der Waals surface area contributed by atoms with Crippen molar-refractivity contribution in [3.05, 3.63) is 86.0 Å². The lowest BCUT2D eigenvalue weighted by Crippen LogP contribution is -2.37. The average Bonchev–Trinajstić information content (AvgIpc) is 3.88. The third-order valence-corrected chi connectivity index (χ3v) is 12.6. The predicted octanol–water partition coefficient (Wildman–Crippen LogP) is 5.95. The van der Waals surface area contributed by atoms with Crippen molar-refractivity contribution in [3.63, 3.8) is 0 Å². The van der Waals surface area contributed by atoms with Crippen LogP contribution in [0.4, 0.5) is 11.6 Å². The topological polar surface area (TPSA) is 287 Å². The number of benzene rings is 2. The van der Waals surface area contributed by atoms with Crippen LogP contribution in [0.3, 0.4) is 0 Å². The number of fused-ring (bicyclic) bond motifs is 2. The number of carbonyl (C=O) groups excluding carboxylic acids is 2. The number of nitrogens with one attached hydrogen (secondary N) is 2. The number of aromatic nitrogens is 8. The fourth-order valence-corrected chi connectivity index (χ4v) is 9.60. The normalized spacial score (nSPS) is 15.2. The number of anilines is 2. The number of imidazole rings is 2. The summed E-state index contributed by atoms with van der Waals surface area (Å²) in [4.78, 5) is 49.2. The minimum atomic E-state index is -3.64. The van der Waals surface area contributed by atoms with Gasteiger partial charge in [0.05, 0.1) is 50.2 Å². The quantitative estimate of drug-likeness (QED) is 0.0452. The molecule has 0 aliphatic carbocycles. The minimum Gasteiger partial charge on any atom is -0.462 e. The number of nitrogens with zero attached hydrogens (tertiary/aromatic N) is 8. The number of rotatable bonds is 22. The smallest absolute Gasteiger partial charge is 0.342 e. The van der Waals surface area contributed by atoms with E-state index in [0.717, 1.165) is 0 Å². The van der Waals surface area contributed by atoms with Gasteiger partial charge in [0.25, 0.3) is 0 Å². The van der Waals surface area contributed by atoms with Crippen LogP contribution in [-0.2, 0) is 50.8 Å². The van der Waals surface area contributed by atoms with E-state index in [2.05, 4.69) is 40.1 Å². The number of carbonyl (C=O) groups is 2. The summed E-state index contributed by atoms with van der Waals surface area (Å²) >= 11 is 0. The molecular weight excluding hydrogens is 894 g/mol. The summed E-state index contributed by atoms with van der Waals surface area (Å²) in [6, 6.07) is 15.7. The lowest BCUT2D eigenvalue weighted by Gasteiger charge is -2.25. The van der Waals surface area contributed by atoms with E-state index in [9.17, 15) is 18.7 Å². The molecule has 0 bridgehead atoms. The van der Waals surface area contributed by atoms with Crippen LogP contribution in [0.15, 0.2) is 86.0 Å². The van der Waals surface area contributed by atoms with Crippen LogP contribution in [0.1, 0.15) is 55.4 Å². The van der Waals surface area contributed by atoms with Crippen LogP contribution in [0, 0.1) is 0 Å². The van der Waals surface area contributed by atoms with Gasteiger partial charge in [-0.15, -0.1) is 0 Å². The van der Waals surface area contributed by atoms with Crippen molar-refractivity contribution in [1.82, 2.24) is 49.2 Å². The molecule has 0 unspecified atom stereocenters. The van der Waals surface area contributed by atoms with E-state index in [1.807, 2.05) is 26.0 Å². The molecule has 6 aromatic rings. The van der Waals surface area contributed by atoms with E-state index in [-0.39, 0.29) is 37.1 Å². The van der Waals surface area contributed by atoms with Gasteiger partial charge in [0, 0.05) is 0 Å². The highest BCUT2D eigenvalue weighted by Gasteiger charge is 2.33. The van der Waals surface area contributed by atoms with Gasteiger partial charge < -0.3 is 48.6 Å². The van der Waals surface area contributed by atoms with E-state index in [0.29, 0.717) is 58.6 Å². The maximum Gasteiger partial charge on any atom is 0.342 e. The SMILES string of the molecule is CC(C)OC(=O)[C@@H](C)N[P@](=O)(CO[C@H](C)Cn1cnc2c(N)ncnc21)Oc1ccccc1.CC(C)OC(=O)[C@H](C)N[P@@](=O)(CO[C@@H](C)Cn1cnc2c(N)ncnc21)Oc1ccccc1. The number of ether oxygens (including phenoxy) is 4. The summed E-state index contributed by atoms with van der Waals surface area (Å²) in [7, 11) is -7.28. The number of nitrogen functional groups attached to an aromatic ring is 2. The maximum atomic E-state index is 13.6. The fraction of sp³-hybridized carbons (Fsp3) is 0.429. The molecule has 6 N–H and O–H groups in total. The minimum absolute atomic E-state index is 0.272. The Morgan fingerprint density at radius 3 is 1.29 bits per heavy atom. The van der Waals surface area contributed by atoms with E-state index in [4.69, 9.17) is 39.5 Å². The van der Waals surface area contributed by atoms with Crippen molar-refractivity contribution in [3.8, 4) is 11.5 Å². The van der Waals surface area contributed by atoms with Crippen LogP contribution in [0.5, 0.6) is 11.5 Å². The third kappa shape index (κ3) is 15.0. The fourth-order valence-electron chi connectivity index (χ4n) is 6.02. The van der Waals surface area contributed by atoms with Crippen molar-refractivity contribution in [2.45, 2.75) is 105 Å². The molecule has 0 aliphatic heterocycles. The first-order valence-electron chi connectivity index (χ1n) is 21.0. The molecule has 24 heteroatoms. The number of nitrogens with two attached hydrogens (primary N) is 2. The Labute approximate surface area is 382 Å². The Hall–Kier alpha value is -6.02. The summed E-state index contributed by atoms with van der Waals surface area (Å²) in [6.45, 7) is 14.5. The van der Waals surface area contributed by atoms with Crippen molar-refractivity contribution < 1.29 is 46.7 Å². The molecule has 0 fully saturated rings. The number of hydrogen-bond donors (Lipinski definition) is 4. The molecule has 0 saturated carbocycles. The monoisotopic (exact) mass is 952 g/mol. The van der Waals surface area contributed by atoms with Gasteiger partial charge in [-0.2, -0.15) is 0 Å². The molecule has 6 atom stereocenters. The van der Waals surface area contributed by atoms with Gasteiger partial charge >= 0.3 is 27.0 Å². The summed E-state index contributed by atoms with van der Waals surface area (Å²) < 4.78 is 64.4. The first kappa shape index (κ1) is 51.0. The lowest BCUT2D eigenvalue weighted by molar-refractivity contribution is -0.149. The van der Waals surface area contributed by atoms with Crippen molar-refractivity contribution in [2.24, 2.45) is 0 Å². The third-order valence-electron chi connectivity index (χ3n) is 9.01. The van der Waals surface area contributed by atoms with Gasteiger partial charge in [-0.05, 0) is 79.7 Å². The predicted molar refractivity (Wildman–Crippen MR) is 247 cm³/mol. The molecule has 0 aliphatic rings.